The lowest BCUT2D eigenvalue weighted by Crippen LogP contribution is -2.24. The summed E-state index contributed by atoms with van der Waals surface area (Å²) in [5.74, 6) is -0.114. The van der Waals surface area contributed by atoms with Crippen LogP contribution in [0.1, 0.15) is 24.2 Å². The number of aromatic nitrogens is 2. The van der Waals surface area contributed by atoms with Crippen molar-refractivity contribution in [3.8, 4) is 0 Å². The van der Waals surface area contributed by atoms with Crippen LogP contribution in [0.25, 0.3) is 11.0 Å². The number of nitrogens with zero attached hydrogens (tertiary/aromatic N) is 2. The van der Waals surface area contributed by atoms with Crippen LogP contribution in [0.2, 0.25) is 0 Å². The fourth-order valence-corrected chi connectivity index (χ4v) is 2.81. The number of carbonyl (C=O) groups is 1. The van der Waals surface area contributed by atoms with Gasteiger partial charge in [-0.1, -0.05) is 30.3 Å². The summed E-state index contributed by atoms with van der Waals surface area (Å²) >= 11 is 1.57. The Bertz CT molecular complexity index is 773. The van der Waals surface area contributed by atoms with Gasteiger partial charge in [-0.25, -0.2) is 4.98 Å². The monoisotopic (exact) mass is 297 g/mol. The van der Waals surface area contributed by atoms with Crippen molar-refractivity contribution in [2.45, 2.75) is 13.0 Å². The summed E-state index contributed by atoms with van der Waals surface area (Å²) in [6, 6.07) is 9.88. The number of thiazole rings is 1. The Morgan fingerprint density at radius 3 is 3.00 bits per heavy atom. The number of hydrogen-bond donors (Lipinski definition) is 1. The molecule has 2 heterocycles. The molecule has 0 saturated carbocycles. The van der Waals surface area contributed by atoms with Crippen LogP contribution in [0.4, 0.5) is 0 Å². The first-order valence-electron chi connectivity index (χ1n) is 6.68. The molecule has 21 heavy (non-hydrogen) atoms. The minimum absolute atomic E-state index is 0.0186. The fourth-order valence-electron chi connectivity index (χ4n) is 2.12. The molecule has 0 aliphatic rings. The molecule has 3 rings (SSSR count). The zero-order chi connectivity index (χ0) is 14.7. The van der Waals surface area contributed by atoms with Crippen LogP contribution in [-0.2, 0) is 4.79 Å². The highest BCUT2D eigenvalue weighted by Crippen LogP contribution is 2.14. The zero-order valence-electron chi connectivity index (χ0n) is 11.6. The molecule has 0 radical (unpaired) electrons. The van der Waals surface area contributed by atoms with Gasteiger partial charge >= 0.3 is 0 Å². The zero-order valence-corrected chi connectivity index (χ0v) is 12.4. The molecule has 1 N–H and O–H groups in total. The van der Waals surface area contributed by atoms with Gasteiger partial charge in [-0.05, 0) is 18.6 Å². The van der Waals surface area contributed by atoms with Crippen molar-refractivity contribution in [2.75, 3.05) is 0 Å². The van der Waals surface area contributed by atoms with Crippen molar-refractivity contribution in [3.63, 3.8) is 0 Å². The smallest absolute Gasteiger partial charge is 0.244 e. The molecule has 5 heteroatoms. The van der Waals surface area contributed by atoms with E-state index in [1.165, 1.54) is 0 Å². The number of imidazole rings is 1. The van der Waals surface area contributed by atoms with Crippen LogP contribution >= 0.6 is 11.3 Å². The average molecular weight is 297 g/mol. The molecule has 106 valence electrons. The van der Waals surface area contributed by atoms with Crippen LogP contribution < -0.4 is 5.32 Å². The van der Waals surface area contributed by atoms with Gasteiger partial charge in [-0.15, -0.1) is 11.3 Å². The van der Waals surface area contributed by atoms with Crippen molar-refractivity contribution >= 4 is 28.3 Å². The highest BCUT2D eigenvalue weighted by molar-refractivity contribution is 7.15. The number of rotatable bonds is 4. The second-order valence-corrected chi connectivity index (χ2v) is 5.59. The molecule has 0 saturated heterocycles. The number of benzene rings is 1. The molecule has 0 bridgehead atoms. The van der Waals surface area contributed by atoms with E-state index in [0.717, 1.165) is 16.2 Å². The first kappa shape index (κ1) is 13.6. The van der Waals surface area contributed by atoms with E-state index in [-0.39, 0.29) is 11.9 Å². The fraction of sp³-hybridized carbons (Fsp3) is 0.125. The number of amides is 1. The second kappa shape index (κ2) is 5.93. The van der Waals surface area contributed by atoms with Gasteiger partial charge in [0.2, 0.25) is 5.91 Å². The molecule has 0 aliphatic heterocycles. The number of nitrogens with one attached hydrogen (secondary N) is 1. The van der Waals surface area contributed by atoms with E-state index in [9.17, 15) is 4.79 Å². The van der Waals surface area contributed by atoms with E-state index in [4.69, 9.17) is 0 Å². The third kappa shape index (κ3) is 3.03. The standard InChI is InChI=1S/C16H15N3OS/c1-12(13-5-3-2-4-6-13)18-15(20)8-7-14-11-17-16-19(14)9-10-21-16/h2-12H,1H3,(H,18,20)/b8-7+. The topological polar surface area (TPSA) is 46.4 Å². The van der Waals surface area contributed by atoms with E-state index in [1.807, 2.05) is 53.2 Å². The Labute approximate surface area is 126 Å². The molecule has 1 amide bonds. The number of hydrogen-bond acceptors (Lipinski definition) is 3. The van der Waals surface area contributed by atoms with Crippen molar-refractivity contribution < 1.29 is 4.79 Å². The molecule has 0 aliphatic carbocycles. The summed E-state index contributed by atoms with van der Waals surface area (Å²) in [5, 5.41) is 4.92. The molecule has 1 aromatic carbocycles. The third-order valence-corrected chi connectivity index (χ3v) is 4.01. The van der Waals surface area contributed by atoms with Gasteiger partial charge in [0.1, 0.15) is 0 Å². The highest BCUT2D eigenvalue weighted by atomic mass is 32.1. The first-order chi connectivity index (χ1) is 10.2. The summed E-state index contributed by atoms with van der Waals surface area (Å²) in [5.41, 5.74) is 1.98. The largest absolute Gasteiger partial charge is 0.346 e. The molecule has 4 nitrogen and oxygen atoms in total. The van der Waals surface area contributed by atoms with Crippen LogP contribution in [0.3, 0.4) is 0 Å². The summed E-state index contributed by atoms with van der Waals surface area (Å²) in [6.07, 6.45) is 7.02. The van der Waals surface area contributed by atoms with Crippen LogP contribution in [0, 0.1) is 0 Å². The summed E-state index contributed by atoms with van der Waals surface area (Å²) in [4.78, 5) is 17.2. The molecular weight excluding hydrogens is 282 g/mol. The number of carbonyl (C=O) groups excluding carboxylic acids is 1. The van der Waals surface area contributed by atoms with Crippen molar-refractivity contribution in [1.82, 2.24) is 14.7 Å². The minimum atomic E-state index is -0.114. The van der Waals surface area contributed by atoms with Crippen molar-refractivity contribution in [3.05, 3.63) is 65.4 Å². The van der Waals surface area contributed by atoms with Crippen LogP contribution in [-0.4, -0.2) is 15.3 Å². The lowest BCUT2D eigenvalue weighted by Gasteiger charge is -2.12. The van der Waals surface area contributed by atoms with Crippen LogP contribution in [0.5, 0.6) is 0 Å². The van der Waals surface area contributed by atoms with Gasteiger partial charge in [-0.3, -0.25) is 9.20 Å². The van der Waals surface area contributed by atoms with E-state index < -0.39 is 0 Å². The normalized spacial score (nSPS) is 12.8. The third-order valence-electron chi connectivity index (χ3n) is 3.24. The Kier molecular flexibility index (Phi) is 3.83. The van der Waals surface area contributed by atoms with Crippen molar-refractivity contribution in [1.29, 1.82) is 0 Å². The summed E-state index contributed by atoms with van der Waals surface area (Å²) in [6.45, 7) is 1.97. The predicted octanol–water partition coefficient (Wildman–Crippen LogP) is 3.29. The number of fused-ring (bicyclic) bond motifs is 1. The lowest BCUT2D eigenvalue weighted by molar-refractivity contribution is -0.117. The first-order valence-corrected chi connectivity index (χ1v) is 7.56. The van der Waals surface area contributed by atoms with E-state index in [2.05, 4.69) is 10.3 Å². The lowest BCUT2D eigenvalue weighted by atomic mass is 10.1. The van der Waals surface area contributed by atoms with E-state index >= 15 is 0 Å². The minimum Gasteiger partial charge on any atom is -0.346 e. The van der Waals surface area contributed by atoms with Crippen LogP contribution in [0.15, 0.2) is 54.2 Å². The maximum absolute atomic E-state index is 12.0. The Hall–Kier alpha value is -2.40. The highest BCUT2D eigenvalue weighted by Gasteiger charge is 2.07. The van der Waals surface area contributed by atoms with Gasteiger partial charge in [-0.2, -0.15) is 0 Å². The van der Waals surface area contributed by atoms with E-state index in [0.29, 0.717) is 0 Å². The molecule has 0 spiro atoms. The van der Waals surface area contributed by atoms with Gasteiger partial charge < -0.3 is 5.32 Å². The average Bonchev–Trinajstić information content (AvgIpc) is 3.09. The van der Waals surface area contributed by atoms with E-state index in [1.54, 1.807) is 29.7 Å². The molecule has 2 aromatic heterocycles. The Morgan fingerprint density at radius 2 is 2.19 bits per heavy atom. The van der Waals surface area contributed by atoms with Gasteiger partial charge in [0, 0.05) is 17.7 Å². The quantitative estimate of drug-likeness (QED) is 0.751. The Balaban J connectivity index is 1.66. The molecule has 0 fully saturated rings. The maximum Gasteiger partial charge on any atom is 0.244 e. The van der Waals surface area contributed by atoms with Gasteiger partial charge in [0.05, 0.1) is 17.9 Å². The summed E-state index contributed by atoms with van der Waals surface area (Å²) < 4.78 is 1.95. The SMILES string of the molecule is CC(NC(=O)/C=C/c1cnc2sccn12)c1ccccc1. The summed E-state index contributed by atoms with van der Waals surface area (Å²) in [7, 11) is 0. The maximum atomic E-state index is 12.0. The van der Waals surface area contributed by atoms with Crippen molar-refractivity contribution in [2.24, 2.45) is 0 Å². The van der Waals surface area contributed by atoms with Gasteiger partial charge in [0.15, 0.2) is 4.96 Å². The Morgan fingerprint density at radius 1 is 1.38 bits per heavy atom. The molecular formula is C16H15N3OS. The molecule has 1 atom stereocenters. The predicted molar refractivity (Wildman–Crippen MR) is 85.1 cm³/mol. The van der Waals surface area contributed by atoms with Gasteiger partial charge in [0.25, 0.3) is 0 Å². The molecule has 1 unspecified atom stereocenters. The molecule has 3 aromatic rings. The second-order valence-electron chi connectivity index (χ2n) is 4.71.